The maximum Gasteiger partial charge on any atom is 0.322 e. The first-order chi connectivity index (χ1) is 19.7. The van der Waals surface area contributed by atoms with Gasteiger partial charge < -0.3 is 35.7 Å². The molecule has 11 nitrogen and oxygen atoms in total. The number of rotatable bonds is 7. The number of anilines is 1. The molecule has 3 aliphatic heterocycles. The van der Waals surface area contributed by atoms with Crippen LogP contribution in [0.3, 0.4) is 0 Å². The van der Waals surface area contributed by atoms with Crippen LogP contribution >= 0.6 is 12.2 Å². The zero-order chi connectivity index (χ0) is 29.4. The topological polar surface area (TPSA) is 135 Å². The molecule has 6 rings (SSSR count). The van der Waals surface area contributed by atoms with Crippen LogP contribution in [0.25, 0.3) is 16.6 Å². The summed E-state index contributed by atoms with van der Waals surface area (Å²) >= 11 is 3.83. The zero-order valence-electron chi connectivity index (χ0n) is 23.1. The summed E-state index contributed by atoms with van der Waals surface area (Å²) in [4.78, 5) is 21.0. The van der Waals surface area contributed by atoms with E-state index in [2.05, 4.69) is 33.3 Å². The highest BCUT2D eigenvalue weighted by molar-refractivity contribution is 7.77. The van der Waals surface area contributed by atoms with Crippen molar-refractivity contribution in [3.63, 3.8) is 0 Å². The third-order valence-corrected chi connectivity index (χ3v) is 8.50. The average molecular weight is 591 g/mol. The highest BCUT2D eigenvalue weighted by atomic mass is 32.1. The van der Waals surface area contributed by atoms with E-state index in [1.54, 1.807) is 19.4 Å². The van der Waals surface area contributed by atoms with E-state index in [1.165, 1.54) is 4.90 Å². The van der Waals surface area contributed by atoms with Gasteiger partial charge in [0.15, 0.2) is 5.82 Å². The molecule has 0 bridgehead atoms. The number of carbonyl (C=O) groups is 1. The Bertz CT molecular complexity index is 1340. The molecule has 5 heterocycles. The largest absolute Gasteiger partial charge is 0.395 e. The molecule has 4 N–H and O–H groups in total. The summed E-state index contributed by atoms with van der Waals surface area (Å²) in [6.45, 7) is 2.91. The highest BCUT2D eigenvalue weighted by Gasteiger charge is 2.57. The first-order valence-corrected chi connectivity index (χ1v) is 14.3. The first kappa shape index (κ1) is 29.3. The summed E-state index contributed by atoms with van der Waals surface area (Å²) in [5, 5.41) is 16.3. The number of thiocarbonyl (C=S) groups is 1. The van der Waals surface area contributed by atoms with Crippen LogP contribution in [0, 0.1) is 11.3 Å². The number of methoxy groups -OCH3 is 1. The van der Waals surface area contributed by atoms with Crippen LogP contribution in [0.2, 0.25) is 0 Å². The van der Waals surface area contributed by atoms with Crippen LogP contribution in [0.15, 0.2) is 18.0 Å². The lowest BCUT2D eigenvalue weighted by atomic mass is 9.97. The van der Waals surface area contributed by atoms with Crippen LogP contribution in [0.4, 0.5) is 19.4 Å². The number of ether oxygens (including phenoxy) is 2. The number of hydrogen-bond acceptors (Lipinski definition) is 9. The number of alkyl halides is 2. The number of urea groups is 1. The number of nitrogens with zero attached hydrogens (tertiary/aromatic N) is 5. The second-order valence-electron chi connectivity index (χ2n) is 11.2. The van der Waals surface area contributed by atoms with E-state index in [0.717, 1.165) is 49.1 Å². The zero-order valence-corrected chi connectivity index (χ0v) is 23.9. The lowest BCUT2D eigenvalue weighted by Crippen LogP contribution is -2.56. The summed E-state index contributed by atoms with van der Waals surface area (Å²) < 4.78 is 41.2. The van der Waals surface area contributed by atoms with Crippen LogP contribution in [0.5, 0.6) is 0 Å². The molecule has 2 aromatic rings. The molecule has 2 amide bonds. The van der Waals surface area contributed by atoms with E-state index in [-0.39, 0.29) is 30.3 Å². The predicted octanol–water partition coefficient (Wildman–Crippen LogP) is 3.17. The Labute approximate surface area is 242 Å². The fourth-order valence-corrected chi connectivity index (χ4v) is 5.79. The third kappa shape index (κ3) is 5.77. The summed E-state index contributed by atoms with van der Waals surface area (Å²) in [6.07, 6.45) is 5.19. The minimum atomic E-state index is -2.93. The van der Waals surface area contributed by atoms with Crippen molar-refractivity contribution in [3.8, 4) is 0 Å². The van der Waals surface area contributed by atoms with Gasteiger partial charge in [0.1, 0.15) is 0 Å². The molecular weight excluding hydrogens is 554 g/mol. The number of fused-ring (bicyclic) bond motifs is 1. The number of halogens is 2. The molecule has 14 heteroatoms. The number of carbonyl (C=O) groups excluding carboxylic acids is 1. The van der Waals surface area contributed by atoms with Crippen molar-refractivity contribution in [1.29, 1.82) is 5.41 Å². The molecular formula is C27H36F2N8O3S. The van der Waals surface area contributed by atoms with Crippen LogP contribution in [-0.4, -0.2) is 95.3 Å². The number of allylic oxidation sites excluding steroid dienone is 1. The normalized spacial score (nSPS) is 23.4. The second-order valence-corrected chi connectivity index (χ2v) is 11.2. The number of amides is 2. The number of aromatic nitrogens is 3. The number of nitrogens with one attached hydrogen (secondary N) is 2. The van der Waals surface area contributed by atoms with Crippen molar-refractivity contribution in [2.75, 3.05) is 44.9 Å². The molecule has 1 unspecified atom stereocenters. The predicted molar refractivity (Wildman–Crippen MR) is 155 cm³/mol. The molecule has 222 valence electrons. The minimum absolute atomic E-state index is 0.0118. The summed E-state index contributed by atoms with van der Waals surface area (Å²) in [6, 6.07) is 1.13. The molecule has 0 aromatic carbocycles. The van der Waals surface area contributed by atoms with Gasteiger partial charge in [0.05, 0.1) is 47.2 Å². The van der Waals surface area contributed by atoms with Crippen molar-refractivity contribution >= 4 is 52.8 Å². The number of nitrogens with two attached hydrogens (primary N) is 1. The van der Waals surface area contributed by atoms with Crippen molar-refractivity contribution < 1.29 is 23.0 Å². The Hall–Kier alpha value is -3.23. The molecule has 1 saturated carbocycles. The van der Waals surface area contributed by atoms with Gasteiger partial charge in [0.25, 0.3) is 5.92 Å². The Morgan fingerprint density at radius 1 is 1.34 bits per heavy atom. The highest BCUT2D eigenvalue weighted by Crippen LogP contribution is 2.51. The SMILES string of the molecule is C=S.COC1CN(c2nn(CC3CCOC3)c3cc(/C(N)=C(/C=N)NC(=O)N4CC(F)(F)CCC45CC5)ncc23)C1. The number of likely N-dealkylation sites (tertiary alicyclic amines) is 1. The van der Waals surface area contributed by atoms with E-state index in [0.29, 0.717) is 37.6 Å². The van der Waals surface area contributed by atoms with E-state index < -0.39 is 24.0 Å². The Morgan fingerprint density at radius 3 is 2.71 bits per heavy atom. The summed E-state index contributed by atoms with van der Waals surface area (Å²) in [5.41, 5.74) is 7.18. The van der Waals surface area contributed by atoms with Crippen molar-refractivity contribution in [2.24, 2.45) is 11.7 Å². The monoisotopic (exact) mass is 590 g/mol. The van der Waals surface area contributed by atoms with Gasteiger partial charge in [-0.25, -0.2) is 13.6 Å². The average Bonchev–Trinajstić information content (AvgIpc) is 3.38. The van der Waals surface area contributed by atoms with E-state index in [9.17, 15) is 13.6 Å². The quantitative estimate of drug-likeness (QED) is 0.331. The third-order valence-electron chi connectivity index (χ3n) is 8.50. The van der Waals surface area contributed by atoms with Crippen molar-refractivity contribution in [1.82, 2.24) is 25.0 Å². The summed E-state index contributed by atoms with van der Waals surface area (Å²) in [7, 11) is 1.70. The fourth-order valence-electron chi connectivity index (χ4n) is 5.79. The fraction of sp³-hybridized carbons (Fsp3) is 0.593. The first-order valence-electron chi connectivity index (χ1n) is 13.7. The molecule has 3 saturated heterocycles. The van der Waals surface area contributed by atoms with Gasteiger partial charge in [-0.05, 0) is 37.6 Å². The van der Waals surface area contributed by atoms with Gasteiger partial charge in [-0.3, -0.25) is 9.67 Å². The Kier molecular flexibility index (Phi) is 8.26. The van der Waals surface area contributed by atoms with E-state index >= 15 is 0 Å². The molecule has 4 aliphatic rings. The molecule has 41 heavy (non-hydrogen) atoms. The molecule has 1 aliphatic carbocycles. The Balaban J connectivity index is 0.00000165. The van der Waals surface area contributed by atoms with Gasteiger partial charge in [0.2, 0.25) is 0 Å². The van der Waals surface area contributed by atoms with Gasteiger partial charge >= 0.3 is 6.03 Å². The van der Waals surface area contributed by atoms with Gasteiger partial charge in [-0.1, -0.05) is 12.2 Å². The van der Waals surface area contributed by atoms with Gasteiger partial charge in [-0.2, -0.15) is 5.10 Å². The minimum Gasteiger partial charge on any atom is -0.395 e. The molecule has 1 atom stereocenters. The maximum absolute atomic E-state index is 14.2. The van der Waals surface area contributed by atoms with E-state index in [1.807, 2.05) is 4.68 Å². The lowest BCUT2D eigenvalue weighted by molar-refractivity contribution is -0.0734. The van der Waals surface area contributed by atoms with Crippen molar-refractivity contribution in [2.45, 2.75) is 56.2 Å². The second kappa shape index (κ2) is 11.6. The standard InChI is InChI=1S/C26H34F2N8O3.CH2S/c1-38-17-12-34(13-17)23-18-10-31-19(8-21(18)36(33-23)11-16-2-7-39-14-16)22(30)20(9-29)32-24(37)35-15-26(27,28)6-5-25(35)3-4-25;1-2/h8-10,16-17,29H,2-7,11-15,30H2,1H3,(H,32,37);1H2/b22-20+,29-9?;. The van der Waals surface area contributed by atoms with Gasteiger partial charge in [-0.15, -0.1) is 0 Å². The van der Waals surface area contributed by atoms with Crippen LogP contribution in [-0.2, 0) is 16.0 Å². The van der Waals surface area contributed by atoms with Gasteiger partial charge in [0, 0.05) is 63.6 Å². The van der Waals surface area contributed by atoms with Crippen molar-refractivity contribution in [3.05, 3.63) is 23.7 Å². The number of hydrogen-bond donors (Lipinski definition) is 3. The smallest absolute Gasteiger partial charge is 0.322 e. The molecule has 0 radical (unpaired) electrons. The summed E-state index contributed by atoms with van der Waals surface area (Å²) in [5.74, 6) is 1.06. The molecule has 2 aromatic heterocycles. The Morgan fingerprint density at radius 2 is 2.07 bits per heavy atom. The molecule has 1 spiro atoms. The number of pyridine rings is 1. The van der Waals surface area contributed by atoms with E-state index in [4.69, 9.17) is 25.7 Å². The lowest BCUT2D eigenvalue weighted by Gasteiger charge is -2.40. The molecule has 4 fully saturated rings. The van der Waals surface area contributed by atoms with Crippen LogP contribution < -0.4 is 16.0 Å². The number of piperidine rings is 1. The maximum atomic E-state index is 14.2. The van der Waals surface area contributed by atoms with Crippen LogP contribution in [0.1, 0.15) is 37.8 Å².